The number of anilines is 1. The van der Waals surface area contributed by atoms with Gasteiger partial charge in [0, 0.05) is 11.1 Å². The first-order valence-electron chi connectivity index (χ1n) is 6.96. The molecule has 0 spiro atoms. The lowest BCUT2D eigenvalue weighted by Crippen LogP contribution is -2.02. The summed E-state index contributed by atoms with van der Waals surface area (Å²) in [7, 11) is 0. The fourth-order valence-corrected chi connectivity index (χ4v) is 3.20. The molecule has 0 bridgehead atoms. The Morgan fingerprint density at radius 3 is 2.52 bits per heavy atom. The van der Waals surface area contributed by atoms with Crippen LogP contribution < -0.4 is 5.73 Å². The molecule has 0 aliphatic carbocycles. The van der Waals surface area contributed by atoms with Gasteiger partial charge < -0.3 is 5.73 Å². The molecule has 0 aliphatic heterocycles. The van der Waals surface area contributed by atoms with Crippen LogP contribution in [0.3, 0.4) is 0 Å². The van der Waals surface area contributed by atoms with E-state index in [0.29, 0.717) is 5.95 Å². The SMILES string of the molecule is Nc1nc(CCSCc2ccccc2)c2ccccc2n1. The number of fused-ring (bicyclic) bond motifs is 1. The van der Waals surface area contributed by atoms with Gasteiger partial charge in [0.2, 0.25) is 5.95 Å². The Kier molecular flexibility index (Phi) is 4.36. The van der Waals surface area contributed by atoms with E-state index < -0.39 is 0 Å². The van der Waals surface area contributed by atoms with Gasteiger partial charge in [-0.25, -0.2) is 9.97 Å². The summed E-state index contributed by atoms with van der Waals surface area (Å²) < 4.78 is 0. The molecular weight excluding hydrogens is 278 g/mol. The monoisotopic (exact) mass is 295 g/mol. The Bertz CT molecular complexity index is 728. The first kappa shape index (κ1) is 13.9. The highest BCUT2D eigenvalue weighted by atomic mass is 32.2. The molecule has 0 saturated heterocycles. The fourth-order valence-electron chi connectivity index (χ4n) is 2.29. The molecule has 0 unspecified atom stereocenters. The van der Waals surface area contributed by atoms with Crippen molar-refractivity contribution in [1.29, 1.82) is 0 Å². The number of nitrogen functional groups attached to an aromatic ring is 1. The lowest BCUT2D eigenvalue weighted by Gasteiger charge is -2.06. The maximum absolute atomic E-state index is 5.79. The molecule has 1 heterocycles. The molecular formula is C17H17N3S. The first-order chi connectivity index (χ1) is 10.3. The lowest BCUT2D eigenvalue weighted by molar-refractivity contribution is 1.05. The topological polar surface area (TPSA) is 51.8 Å². The van der Waals surface area contributed by atoms with Crippen molar-refractivity contribution in [3.8, 4) is 0 Å². The maximum Gasteiger partial charge on any atom is 0.220 e. The summed E-state index contributed by atoms with van der Waals surface area (Å²) in [5, 5.41) is 1.10. The average Bonchev–Trinajstić information content (AvgIpc) is 2.52. The van der Waals surface area contributed by atoms with E-state index in [2.05, 4.69) is 40.3 Å². The van der Waals surface area contributed by atoms with Gasteiger partial charge in [0.1, 0.15) is 0 Å². The lowest BCUT2D eigenvalue weighted by atomic mass is 10.1. The highest BCUT2D eigenvalue weighted by Crippen LogP contribution is 2.19. The number of hydrogen-bond acceptors (Lipinski definition) is 4. The van der Waals surface area contributed by atoms with Gasteiger partial charge in [-0.2, -0.15) is 11.8 Å². The van der Waals surface area contributed by atoms with Gasteiger partial charge in [-0.3, -0.25) is 0 Å². The summed E-state index contributed by atoms with van der Waals surface area (Å²) in [6.45, 7) is 0. The smallest absolute Gasteiger partial charge is 0.220 e. The molecule has 3 nitrogen and oxygen atoms in total. The highest BCUT2D eigenvalue weighted by Gasteiger charge is 2.05. The second-order valence-electron chi connectivity index (χ2n) is 4.83. The van der Waals surface area contributed by atoms with Gasteiger partial charge in [0.15, 0.2) is 0 Å². The zero-order valence-corrected chi connectivity index (χ0v) is 12.5. The van der Waals surface area contributed by atoms with Gasteiger partial charge in [-0.05, 0) is 23.8 Å². The summed E-state index contributed by atoms with van der Waals surface area (Å²) in [5.74, 6) is 2.41. The minimum atomic E-state index is 0.358. The number of aromatic nitrogens is 2. The molecule has 0 atom stereocenters. The average molecular weight is 295 g/mol. The van der Waals surface area contributed by atoms with Crippen LogP contribution in [0.1, 0.15) is 11.3 Å². The van der Waals surface area contributed by atoms with Crippen molar-refractivity contribution in [2.24, 2.45) is 0 Å². The molecule has 3 rings (SSSR count). The van der Waals surface area contributed by atoms with Crippen LogP contribution in [0.4, 0.5) is 5.95 Å². The number of nitrogens with zero attached hydrogens (tertiary/aromatic N) is 2. The Hall–Kier alpha value is -2.07. The molecule has 2 N–H and O–H groups in total. The number of nitrogens with two attached hydrogens (primary N) is 1. The maximum atomic E-state index is 5.79. The highest BCUT2D eigenvalue weighted by molar-refractivity contribution is 7.98. The second kappa shape index (κ2) is 6.59. The summed E-state index contributed by atoms with van der Waals surface area (Å²) in [6, 6.07) is 18.5. The Labute approximate surface area is 128 Å². The van der Waals surface area contributed by atoms with Crippen molar-refractivity contribution in [1.82, 2.24) is 9.97 Å². The van der Waals surface area contributed by atoms with Crippen LogP contribution in [-0.2, 0) is 12.2 Å². The van der Waals surface area contributed by atoms with E-state index in [0.717, 1.165) is 34.5 Å². The van der Waals surface area contributed by atoms with E-state index in [9.17, 15) is 0 Å². The molecule has 0 radical (unpaired) electrons. The predicted molar refractivity (Wildman–Crippen MR) is 90.3 cm³/mol. The minimum Gasteiger partial charge on any atom is -0.368 e. The van der Waals surface area contributed by atoms with Crippen molar-refractivity contribution in [2.45, 2.75) is 12.2 Å². The quantitative estimate of drug-likeness (QED) is 0.729. The molecule has 3 aromatic rings. The van der Waals surface area contributed by atoms with Crippen molar-refractivity contribution in [2.75, 3.05) is 11.5 Å². The van der Waals surface area contributed by atoms with Gasteiger partial charge in [-0.15, -0.1) is 0 Å². The van der Waals surface area contributed by atoms with Gasteiger partial charge in [-0.1, -0.05) is 48.5 Å². The van der Waals surface area contributed by atoms with Crippen LogP contribution in [-0.4, -0.2) is 15.7 Å². The summed E-state index contributed by atoms with van der Waals surface area (Å²) in [5.41, 5.74) is 9.11. The largest absolute Gasteiger partial charge is 0.368 e. The summed E-state index contributed by atoms with van der Waals surface area (Å²) in [6.07, 6.45) is 0.907. The van der Waals surface area contributed by atoms with Crippen molar-refractivity contribution < 1.29 is 0 Å². The van der Waals surface area contributed by atoms with E-state index in [1.807, 2.05) is 36.0 Å². The Morgan fingerprint density at radius 1 is 0.905 bits per heavy atom. The molecule has 4 heteroatoms. The minimum absolute atomic E-state index is 0.358. The number of aryl methyl sites for hydroxylation is 1. The van der Waals surface area contributed by atoms with Crippen LogP contribution in [0.15, 0.2) is 54.6 Å². The third kappa shape index (κ3) is 3.52. The Morgan fingerprint density at radius 2 is 1.67 bits per heavy atom. The molecule has 21 heavy (non-hydrogen) atoms. The number of benzene rings is 2. The normalized spacial score (nSPS) is 10.9. The van der Waals surface area contributed by atoms with Crippen LogP contribution in [0.5, 0.6) is 0 Å². The van der Waals surface area contributed by atoms with Crippen LogP contribution in [0.2, 0.25) is 0 Å². The zero-order valence-electron chi connectivity index (χ0n) is 11.7. The van der Waals surface area contributed by atoms with Gasteiger partial charge in [0.05, 0.1) is 11.2 Å². The number of thioether (sulfide) groups is 1. The zero-order chi connectivity index (χ0) is 14.5. The molecule has 0 fully saturated rings. The van der Waals surface area contributed by atoms with E-state index in [4.69, 9.17) is 5.73 Å². The first-order valence-corrected chi connectivity index (χ1v) is 8.11. The number of rotatable bonds is 5. The molecule has 106 valence electrons. The molecule has 0 saturated carbocycles. The van der Waals surface area contributed by atoms with Crippen molar-refractivity contribution in [3.63, 3.8) is 0 Å². The standard InChI is InChI=1S/C17H17N3S/c18-17-19-15-9-5-4-8-14(15)16(20-17)10-11-21-12-13-6-2-1-3-7-13/h1-9H,10-12H2,(H2,18,19,20). The molecule has 1 aromatic heterocycles. The van der Waals surface area contributed by atoms with Crippen molar-refractivity contribution in [3.05, 3.63) is 65.9 Å². The third-order valence-corrected chi connectivity index (χ3v) is 4.32. The molecule has 0 amide bonds. The third-order valence-electron chi connectivity index (χ3n) is 3.29. The Balaban J connectivity index is 1.65. The van der Waals surface area contributed by atoms with Gasteiger partial charge >= 0.3 is 0 Å². The predicted octanol–water partition coefficient (Wildman–Crippen LogP) is 3.69. The number of hydrogen-bond donors (Lipinski definition) is 1. The molecule has 0 aliphatic rings. The second-order valence-corrected chi connectivity index (χ2v) is 5.94. The van der Waals surface area contributed by atoms with E-state index >= 15 is 0 Å². The van der Waals surface area contributed by atoms with E-state index in [-0.39, 0.29) is 0 Å². The fraction of sp³-hybridized carbons (Fsp3) is 0.176. The summed E-state index contributed by atoms with van der Waals surface area (Å²) in [4.78, 5) is 8.67. The van der Waals surface area contributed by atoms with Crippen LogP contribution in [0, 0.1) is 0 Å². The van der Waals surface area contributed by atoms with Gasteiger partial charge in [0.25, 0.3) is 0 Å². The summed E-state index contributed by atoms with van der Waals surface area (Å²) >= 11 is 1.91. The van der Waals surface area contributed by atoms with Crippen LogP contribution >= 0.6 is 11.8 Å². The van der Waals surface area contributed by atoms with Crippen molar-refractivity contribution >= 4 is 28.6 Å². The van der Waals surface area contributed by atoms with E-state index in [1.54, 1.807) is 0 Å². The number of para-hydroxylation sites is 1. The van der Waals surface area contributed by atoms with Crippen LogP contribution in [0.25, 0.3) is 10.9 Å². The molecule has 2 aromatic carbocycles. The van der Waals surface area contributed by atoms with E-state index in [1.165, 1.54) is 5.56 Å².